The van der Waals surface area contributed by atoms with Crippen LogP contribution < -0.4 is 16.8 Å². The molecule has 104 valence electrons. The molecule has 4 nitrogen and oxygen atoms in total. The second kappa shape index (κ2) is 5.72. The van der Waals surface area contributed by atoms with Gasteiger partial charge in [0.2, 0.25) is 5.91 Å². The van der Waals surface area contributed by atoms with Gasteiger partial charge in [-0.2, -0.15) is 0 Å². The molecule has 0 aromatic heterocycles. The van der Waals surface area contributed by atoms with Crippen LogP contribution in [0.4, 0.5) is 0 Å². The minimum atomic E-state index is -0.997. The summed E-state index contributed by atoms with van der Waals surface area (Å²) in [6.07, 6.45) is 3.21. The molecular formula is C15H23N3O. The molecule has 0 heterocycles. The van der Waals surface area contributed by atoms with Crippen LogP contribution in [0.25, 0.3) is 0 Å². The van der Waals surface area contributed by atoms with Crippen molar-refractivity contribution in [3.63, 3.8) is 0 Å². The highest BCUT2D eigenvalue weighted by atomic mass is 16.2. The Morgan fingerprint density at radius 3 is 2.68 bits per heavy atom. The van der Waals surface area contributed by atoms with Crippen LogP contribution in [0.2, 0.25) is 0 Å². The summed E-state index contributed by atoms with van der Waals surface area (Å²) < 4.78 is 0. The van der Waals surface area contributed by atoms with Gasteiger partial charge in [0.25, 0.3) is 0 Å². The Kier molecular flexibility index (Phi) is 4.22. The van der Waals surface area contributed by atoms with E-state index in [0.717, 1.165) is 24.8 Å². The fraction of sp³-hybridized carbons (Fsp3) is 0.533. The Bertz CT molecular complexity index is 430. The molecule has 1 aromatic carbocycles. The van der Waals surface area contributed by atoms with E-state index in [-0.39, 0.29) is 11.9 Å². The van der Waals surface area contributed by atoms with Gasteiger partial charge in [-0.25, -0.2) is 0 Å². The molecule has 1 aliphatic rings. The van der Waals surface area contributed by atoms with Crippen molar-refractivity contribution in [3.05, 3.63) is 35.9 Å². The van der Waals surface area contributed by atoms with Crippen molar-refractivity contribution in [2.24, 2.45) is 17.4 Å². The van der Waals surface area contributed by atoms with Gasteiger partial charge in [-0.1, -0.05) is 36.8 Å². The molecule has 0 radical (unpaired) electrons. The molecule has 0 spiro atoms. The summed E-state index contributed by atoms with van der Waals surface area (Å²) in [5, 5.41) is 3.07. The third-order valence-electron chi connectivity index (χ3n) is 4.12. The second-order valence-electron chi connectivity index (χ2n) is 5.58. The largest absolute Gasteiger partial charge is 0.351 e. The van der Waals surface area contributed by atoms with Gasteiger partial charge in [0.1, 0.15) is 5.54 Å². The predicted molar refractivity (Wildman–Crippen MR) is 76.3 cm³/mol. The predicted octanol–water partition coefficient (Wildman–Crippen LogP) is 1.10. The van der Waals surface area contributed by atoms with E-state index in [1.807, 2.05) is 30.3 Å². The van der Waals surface area contributed by atoms with E-state index in [9.17, 15) is 4.79 Å². The molecule has 1 aliphatic carbocycles. The van der Waals surface area contributed by atoms with Crippen LogP contribution in [0, 0.1) is 5.92 Å². The van der Waals surface area contributed by atoms with Crippen molar-refractivity contribution < 1.29 is 4.79 Å². The molecule has 1 fully saturated rings. The highest BCUT2D eigenvalue weighted by Crippen LogP contribution is 2.26. The number of rotatable bonds is 4. The molecule has 1 saturated carbocycles. The van der Waals surface area contributed by atoms with E-state index in [2.05, 4.69) is 5.32 Å². The zero-order valence-corrected chi connectivity index (χ0v) is 11.4. The van der Waals surface area contributed by atoms with Crippen molar-refractivity contribution in [1.82, 2.24) is 5.32 Å². The number of amides is 1. The molecule has 19 heavy (non-hydrogen) atoms. The van der Waals surface area contributed by atoms with Crippen LogP contribution in [0.15, 0.2) is 30.3 Å². The highest BCUT2D eigenvalue weighted by molar-refractivity contribution is 5.87. The van der Waals surface area contributed by atoms with Crippen molar-refractivity contribution in [2.45, 2.75) is 37.8 Å². The van der Waals surface area contributed by atoms with E-state index < -0.39 is 5.54 Å². The average Bonchev–Trinajstić information content (AvgIpc) is 2.87. The maximum absolute atomic E-state index is 12.4. The lowest BCUT2D eigenvalue weighted by molar-refractivity contribution is -0.127. The van der Waals surface area contributed by atoms with E-state index >= 15 is 0 Å². The van der Waals surface area contributed by atoms with Gasteiger partial charge >= 0.3 is 0 Å². The van der Waals surface area contributed by atoms with Gasteiger partial charge < -0.3 is 16.8 Å². The van der Waals surface area contributed by atoms with E-state index in [1.165, 1.54) is 0 Å². The number of carbonyl (C=O) groups is 1. The quantitative estimate of drug-likeness (QED) is 0.759. The maximum atomic E-state index is 12.4. The van der Waals surface area contributed by atoms with Crippen LogP contribution >= 0.6 is 0 Å². The standard InChI is InChI=1S/C15H23N3O/c1-15(17,12-7-3-2-4-8-12)14(19)18-13-9-5-6-11(13)10-16/h2-4,7-8,11,13H,5-6,9-10,16-17H2,1H3,(H,18,19). The number of benzene rings is 1. The number of nitrogens with two attached hydrogens (primary N) is 2. The normalized spacial score (nSPS) is 25.8. The van der Waals surface area contributed by atoms with Crippen molar-refractivity contribution in [3.8, 4) is 0 Å². The summed E-state index contributed by atoms with van der Waals surface area (Å²) in [7, 11) is 0. The molecule has 0 aliphatic heterocycles. The molecule has 2 rings (SSSR count). The third kappa shape index (κ3) is 2.96. The first kappa shape index (κ1) is 14.0. The lowest BCUT2D eigenvalue weighted by Crippen LogP contribution is -2.53. The minimum absolute atomic E-state index is 0.121. The Hall–Kier alpha value is -1.39. The van der Waals surface area contributed by atoms with Crippen molar-refractivity contribution >= 4 is 5.91 Å². The van der Waals surface area contributed by atoms with Crippen LogP contribution in [0.3, 0.4) is 0 Å². The second-order valence-corrected chi connectivity index (χ2v) is 5.58. The van der Waals surface area contributed by atoms with Crippen molar-refractivity contribution in [2.75, 3.05) is 6.54 Å². The summed E-state index contributed by atoms with van der Waals surface area (Å²) in [6, 6.07) is 9.64. The fourth-order valence-corrected chi connectivity index (χ4v) is 2.74. The minimum Gasteiger partial charge on any atom is -0.351 e. The zero-order valence-electron chi connectivity index (χ0n) is 11.4. The Labute approximate surface area is 114 Å². The van der Waals surface area contributed by atoms with Crippen LogP contribution in [-0.2, 0) is 10.3 Å². The number of hydrogen-bond acceptors (Lipinski definition) is 3. The molecular weight excluding hydrogens is 238 g/mol. The lowest BCUT2D eigenvalue weighted by atomic mass is 9.91. The van der Waals surface area contributed by atoms with E-state index in [1.54, 1.807) is 6.92 Å². The average molecular weight is 261 g/mol. The highest BCUT2D eigenvalue weighted by Gasteiger charge is 2.35. The molecule has 0 bridgehead atoms. The van der Waals surface area contributed by atoms with Crippen LogP contribution in [-0.4, -0.2) is 18.5 Å². The molecule has 0 saturated heterocycles. The summed E-state index contributed by atoms with van der Waals surface area (Å²) in [5.74, 6) is 0.263. The smallest absolute Gasteiger partial charge is 0.244 e. The molecule has 1 aromatic rings. The summed E-state index contributed by atoms with van der Waals surface area (Å²) in [5.41, 5.74) is 11.8. The molecule has 5 N–H and O–H groups in total. The molecule has 3 unspecified atom stereocenters. The van der Waals surface area contributed by atoms with Gasteiger partial charge in [0.05, 0.1) is 0 Å². The van der Waals surface area contributed by atoms with Crippen molar-refractivity contribution in [1.29, 1.82) is 0 Å². The van der Waals surface area contributed by atoms with Crippen LogP contribution in [0.5, 0.6) is 0 Å². The van der Waals surface area contributed by atoms with Gasteiger partial charge in [0.15, 0.2) is 0 Å². The van der Waals surface area contributed by atoms with E-state index in [4.69, 9.17) is 11.5 Å². The molecule has 4 heteroatoms. The Balaban J connectivity index is 2.07. The molecule has 1 amide bonds. The lowest BCUT2D eigenvalue weighted by Gasteiger charge is -2.28. The number of hydrogen-bond donors (Lipinski definition) is 3. The third-order valence-corrected chi connectivity index (χ3v) is 4.12. The van der Waals surface area contributed by atoms with Gasteiger partial charge in [-0.05, 0) is 37.8 Å². The summed E-state index contributed by atoms with van der Waals surface area (Å²) in [4.78, 5) is 12.4. The number of nitrogens with one attached hydrogen (secondary N) is 1. The first-order valence-corrected chi connectivity index (χ1v) is 6.91. The summed E-state index contributed by atoms with van der Waals surface area (Å²) in [6.45, 7) is 2.38. The SMILES string of the molecule is CC(N)(C(=O)NC1CCCC1CN)c1ccccc1. The topological polar surface area (TPSA) is 81.1 Å². The Morgan fingerprint density at radius 1 is 1.37 bits per heavy atom. The Morgan fingerprint density at radius 2 is 2.05 bits per heavy atom. The van der Waals surface area contributed by atoms with E-state index in [0.29, 0.717) is 12.5 Å². The van der Waals surface area contributed by atoms with Gasteiger partial charge in [-0.15, -0.1) is 0 Å². The van der Waals surface area contributed by atoms with Gasteiger partial charge in [0, 0.05) is 6.04 Å². The maximum Gasteiger partial charge on any atom is 0.244 e. The monoisotopic (exact) mass is 261 g/mol. The first-order valence-electron chi connectivity index (χ1n) is 6.91. The fourth-order valence-electron chi connectivity index (χ4n) is 2.74. The molecule has 3 atom stereocenters. The summed E-state index contributed by atoms with van der Waals surface area (Å²) >= 11 is 0. The first-order chi connectivity index (χ1) is 9.05. The van der Waals surface area contributed by atoms with Crippen LogP contribution in [0.1, 0.15) is 31.7 Å². The zero-order chi connectivity index (χ0) is 13.9. The number of carbonyl (C=O) groups excluding carboxylic acids is 1. The van der Waals surface area contributed by atoms with Gasteiger partial charge in [-0.3, -0.25) is 4.79 Å².